The SMILES string of the molecule is CCOc1cc(C2NC(=O)NC(c3ccccc3)=C2c2cccc(C)c2)cc([N+](=O)[O-])c1O. The number of ether oxygens (including phenoxy) is 1. The molecule has 0 fully saturated rings. The molecule has 0 spiro atoms. The minimum Gasteiger partial charge on any atom is -0.500 e. The van der Waals surface area contributed by atoms with E-state index in [1.807, 2.05) is 61.5 Å². The summed E-state index contributed by atoms with van der Waals surface area (Å²) < 4.78 is 5.46. The number of phenolic OH excluding ortho intramolecular Hbond substituents is 1. The van der Waals surface area contributed by atoms with Gasteiger partial charge in [0.25, 0.3) is 0 Å². The summed E-state index contributed by atoms with van der Waals surface area (Å²) in [7, 11) is 0. The number of nitrogens with zero attached hydrogens (tertiary/aromatic N) is 1. The number of amides is 2. The standard InChI is InChI=1S/C25H23N3O5/c1-3-33-20-14-18(13-19(24(20)29)28(31)32)23-21(17-11-7-8-15(2)12-17)22(26-25(30)27-23)16-9-5-4-6-10-16/h4-14,23,29H,3H2,1-2H3,(H2,26,27,30). The highest BCUT2D eigenvalue weighted by Crippen LogP contribution is 2.44. The Morgan fingerprint density at radius 1 is 1.06 bits per heavy atom. The van der Waals surface area contributed by atoms with E-state index >= 15 is 0 Å². The van der Waals surface area contributed by atoms with Gasteiger partial charge in [0.2, 0.25) is 5.75 Å². The highest BCUT2D eigenvalue weighted by atomic mass is 16.6. The molecule has 2 amide bonds. The fourth-order valence-electron chi connectivity index (χ4n) is 3.96. The molecule has 1 aliphatic rings. The monoisotopic (exact) mass is 445 g/mol. The third kappa shape index (κ3) is 4.36. The molecule has 0 radical (unpaired) electrons. The Morgan fingerprint density at radius 2 is 1.79 bits per heavy atom. The first-order valence-corrected chi connectivity index (χ1v) is 10.5. The number of nitro groups is 1. The topological polar surface area (TPSA) is 114 Å². The van der Waals surface area contributed by atoms with Crippen LogP contribution < -0.4 is 15.4 Å². The second-order valence-corrected chi connectivity index (χ2v) is 7.63. The molecule has 1 aliphatic heterocycles. The molecule has 0 saturated carbocycles. The first-order chi connectivity index (χ1) is 15.9. The summed E-state index contributed by atoms with van der Waals surface area (Å²) in [4.78, 5) is 23.7. The molecule has 168 valence electrons. The van der Waals surface area contributed by atoms with Gasteiger partial charge in [0.05, 0.1) is 23.3 Å². The predicted octanol–water partition coefficient (Wildman–Crippen LogP) is 4.93. The number of benzene rings is 3. The second kappa shape index (κ2) is 9.04. The molecule has 0 saturated heterocycles. The van der Waals surface area contributed by atoms with E-state index in [1.54, 1.807) is 6.92 Å². The summed E-state index contributed by atoms with van der Waals surface area (Å²) >= 11 is 0. The number of hydrogen-bond donors (Lipinski definition) is 3. The quantitative estimate of drug-likeness (QED) is 0.368. The van der Waals surface area contributed by atoms with Gasteiger partial charge in [-0.1, -0.05) is 60.2 Å². The van der Waals surface area contributed by atoms with E-state index in [1.165, 1.54) is 12.1 Å². The number of rotatable bonds is 6. The van der Waals surface area contributed by atoms with Crippen LogP contribution in [0.5, 0.6) is 11.5 Å². The van der Waals surface area contributed by atoms with Crippen molar-refractivity contribution in [3.05, 3.63) is 99.1 Å². The molecule has 0 bridgehead atoms. The molecule has 3 aromatic carbocycles. The van der Waals surface area contributed by atoms with Gasteiger partial charge >= 0.3 is 11.7 Å². The Bertz CT molecular complexity index is 1250. The van der Waals surface area contributed by atoms with Crippen LogP contribution >= 0.6 is 0 Å². The highest BCUT2D eigenvalue weighted by Gasteiger charge is 2.33. The number of carbonyl (C=O) groups excluding carboxylic acids is 1. The summed E-state index contributed by atoms with van der Waals surface area (Å²) in [5.74, 6) is -0.561. The van der Waals surface area contributed by atoms with Gasteiger partial charge in [-0.15, -0.1) is 0 Å². The van der Waals surface area contributed by atoms with Crippen molar-refractivity contribution < 1.29 is 19.6 Å². The molecule has 0 aliphatic carbocycles. The molecule has 4 rings (SSSR count). The van der Waals surface area contributed by atoms with Crippen LogP contribution in [0.1, 0.15) is 35.2 Å². The van der Waals surface area contributed by atoms with Crippen LogP contribution in [0.4, 0.5) is 10.5 Å². The Balaban J connectivity index is 2.00. The van der Waals surface area contributed by atoms with Gasteiger partial charge in [-0.05, 0) is 36.6 Å². The smallest absolute Gasteiger partial charge is 0.320 e. The largest absolute Gasteiger partial charge is 0.500 e. The summed E-state index contributed by atoms with van der Waals surface area (Å²) in [5, 5.41) is 27.8. The third-order valence-electron chi connectivity index (χ3n) is 5.37. The summed E-state index contributed by atoms with van der Waals surface area (Å²) in [6.07, 6.45) is 0. The zero-order valence-electron chi connectivity index (χ0n) is 18.2. The normalized spacial score (nSPS) is 15.6. The van der Waals surface area contributed by atoms with Crippen LogP contribution in [-0.2, 0) is 0 Å². The van der Waals surface area contributed by atoms with Gasteiger partial charge in [0, 0.05) is 11.6 Å². The first kappa shape index (κ1) is 21.9. The molecule has 8 heteroatoms. The van der Waals surface area contributed by atoms with E-state index in [0.29, 0.717) is 11.3 Å². The maximum absolute atomic E-state index is 12.7. The van der Waals surface area contributed by atoms with Gasteiger partial charge in [0.15, 0.2) is 5.75 Å². The van der Waals surface area contributed by atoms with E-state index in [4.69, 9.17) is 4.74 Å². The van der Waals surface area contributed by atoms with Crippen LogP contribution in [-0.4, -0.2) is 22.7 Å². The molecule has 33 heavy (non-hydrogen) atoms. The number of urea groups is 1. The lowest BCUT2D eigenvalue weighted by Gasteiger charge is -2.31. The number of phenols is 1. The Hall–Kier alpha value is -4.33. The van der Waals surface area contributed by atoms with E-state index in [9.17, 15) is 20.0 Å². The predicted molar refractivity (Wildman–Crippen MR) is 125 cm³/mol. The molecule has 1 unspecified atom stereocenters. The zero-order chi connectivity index (χ0) is 23.5. The molecule has 1 heterocycles. The van der Waals surface area contributed by atoms with Crippen molar-refractivity contribution in [2.75, 3.05) is 6.61 Å². The van der Waals surface area contributed by atoms with Crippen molar-refractivity contribution in [3.63, 3.8) is 0 Å². The van der Waals surface area contributed by atoms with Crippen molar-refractivity contribution in [3.8, 4) is 11.5 Å². The van der Waals surface area contributed by atoms with E-state index in [-0.39, 0.29) is 12.4 Å². The third-order valence-corrected chi connectivity index (χ3v) is 5.37. The maximum atomic E-state index is 12.7. The van der Waals surface area contributed by atoms with Crippen molar-refractivity contribution >= 4 is 23.0 Å². The van der Waals surface area contributed by atoms with E-state index in [2.05, 4.69) is 10.6 Å². The van der Waals surface area contributed by atoms with Crippen LogP contribution in [0.15, 0.2) is 66.7 Å². The molecule has 3 aromatic rings. The molecule has 3 N–H and O–H groups in total. The van der Waals surface area contributed by atoms with Gasteiger partial charge in [-0.2, -0.15) is 0 Å². The number of nitro benzene ring substituents is 1. The minimum absolute atomic E-state index is 0.0145. The van der Waals surface area contributed by atoms with Crippen LogP contribution in [0, 0.1) is 17.0 Å². The molecule has 8 nitrogen and oxygen atoms in total. The summed E-state index contributed by atoms with van der Waals surface area (Å²) in [6, 6.07) is 18.8. The van der Waals surface area contributed by atoms with Crippen molar-refractivity contribution in [2.24, 2.45) is 0 Å². The van der Waals surface area contributed by atoms with Gasteiger partial charge in [-0.3, -0.25) is 10.1 Å². The molecular weight excluding hydrogens is 422 g/mol. The summed E-state index contributed by atoms with van der Waals surface area (Å²) in [6.45, 7) is 3.90. The number of nitrogens with one attached hydrogen (secondary N) is 2. The average Bonchev–Trinajstić information content (AvgIpc) is 2.80. The highest BCUT2D eigenvalue weighted by molar-refractivity contribution is 6.03. The number of carbonyl (C=O) groups is 1. The van der Waals surface area contributed by atoms with Crippen LogP contribution in [0.3, 0.4) is 0 Å². The van der Waals surface area contributed by atoms with Crippen LogP contribution in [0.25, 0.3) is 11.3 Å². The number of hydrogen-bond acceptors (Lipinski definition) is 5. The minimum atomic E-state index is -0.728. The molecular formula is C25H23N3O5. The lowest BCUT2D eigenvalue weighted by Crippen LogP contribution is -2.43. The van der Waals surface area contributed by atoms with Crippen molar-refractivity contribution in [1.82, 2.24) is 10.6 Å². The fourth-order valence-corrected chi connectivity index (χ4v) is 3.96. The first-order valence-electron chi connectivity index (χ1n) is 10.5. The number of aryl methyl sites for hydroxylation is 1. The summed E-state index contributed by atoms with van der Waals surface area (Å²) in [5.41, 5.74) is 3.94. The number of aromatic hydroxyl groups is 1. The Morgan fingerprint density at radius 3 is 2.45 bits per heavy atom. The Kier molecular flexibility index (Phi) is 5.99. The van der Waals surface area contributed by atoms with Gasteiger partial charge in [-0.25, -0.2) is 4.79 Å². The van der Waals surface area contributed by atoms with Gasteiger partial charge in [0.1, 0.15) is 0 Å². The Labute approximate surface area is 190 Å². The second-order valence-electron chi connectivity index (χ2n) is 7.63. The molecule has 1 atom stereocenters. The average molecular weight is 445 g/mol. The van der Waals surface area contributed by atoms with E-state index in [0.717, 1.165) is 22.3 Å². The van der Waals surface area contributed by atoms with Gasteiger partial charge < -0.3 is 20.5 Å². The van der Waals surface area contributed by atoms with Crippen molar-refractivity contribution in [2.45, 2.75) is 19.9 Å². The zero-order valence-corrected chi connectivity index (χ0v) is 18.2. The van der Waals surface area contributed by atoms with Crippen LogP contribution in [0.2, 0.25) is 0 Å². The maximum Gasteiger partial charge on any atom is 0.320 e. The van der Waals surface area contributed by atoms with Crippen molar-refractivity contribution in [1.29, 1.82) is 0 Å². The lowest BCUT2D eigenvalue weighted by atomic mass is 9.87. The lowest BCUT2D eigenvalue weighted by molar-refractivity contribution is -0.386. The molecule has 0 aromatic heterocycles. The fraction of sp³-hybridized carbons (Fsp3) is 0.160. The van der Waals surface area contributed by atoms with E-state index < -0.39 is 28.4 Å².